The first kappa shape index (κ1) is 20.8. The number of hydrogen-bond donors (Lipinski definition) is 1. The second-order valence-corrected chi connectivity index (χ2v) is 5.33. The zero-order chi connectivity index (χ0) is 18.7. The van der Waals surface area contributed by atoms with Crippen LogP contribution in [0.1, 0.15) is 26.7 Å². The summed E-state index contributed by atoms with van der Waals surface area (Å²) in [5.74, 6) is 0.304. The topological polar surface area (TPSA) is 85.3 Å². The van der Waals surface area contributed by atoms with E-state index in [1.807, 2.05) is 6.92 Å². The van der Waals surface area contributed by atoms with E-state index in [1.54, 1.807) is 31.2 Å². The summed E-state index contributed by atoms with van der Waals surface area (Å²) in [6, 6.07) is 6.66. The van der Waals surface area contributed by atoms with Crippen molar-refractivity contribution in [1.29, 1.82) is 0 Å². The summed E-state index contributed by atoms with van der Waals surface area (Å²) in [6.45, 7) is 3.67. The minimum absolute atomic E-state index is 0.0741. The van der Waals surface area contributed by atoms with Gasteiger partial charge in [-0.25, -0.2) is 0 Å². The highest BCUT2D eigenvalue weighted by atomic mass is 16.5. The average Bonchev–Trinajstić information content (AvgIpc) is 2.63. The van der Waals surface area contributed by atoms with E-state index in [1.165, 1.54) is 12.0 Å². The monoisotopic (exact) mass is 353 g/mol. The van der Waals surface area contributed by atoms with E-state index in [2.05, 4.69) is 0 Å². The summed E-state index contributed by atoms with van der Waals surface area (Å²) < 4.78 is 15.6. The maximum Gasteiger partial charge on any atom is 0.307 e. The van der Waals surface area contributed by atoms with Crippen LogP contribution in [0.15, 0.2) is 24.3 Å². The lowest BCUT2D eigenvalue weighted by Gasteiger charge is -2.29. The number of benzene rings is 1. The molecule has 0 heterocycles. The first-order valence-electron chi connectivity index (χ1n) is 8.39. The molecule has 1 rings (SSSR count). The van der Waals surface area contributed by atoms with Gasteiger partial charge in [-0.2, -0.15) is 0 Å². The number of nitrogens with zero attached hydrogens (tertiary/aromatic N) is 1. The molecule has 0 aromatic heterocycles. The van der Waals surface area contributed by atoms with E-state index in [0.717, 1.165) is 0 Å². The third kappa shape index (κ3) is 6.62. The Morgan fingerprint density at radius 1 is 1.20 bits per heavy atom. The molecule has 140 valence electrons. The predicted octanol–water partition coefficient (Wildman–Crippen LogP) is 1.63. The minimum atomic E-state index is -0.376. The Bertz CT molecular complexity index is 544. The number of amides is 1. The highest BCUT2D eigenvalue weighted by Gasteiger charge is 2.23. The summed E-state index contributed by atoms with van der Waals surface area (Å²) in [4.78, 5) is 25.6. The molecule has 0 aliphatic rings. The fourth-order valence-corrected chi connectivity index (χ4v) is 2.36. The van der Waals surface area contributed by atoms with Crippen LogP contribution in [0.25, 0.3) is 0 Å². The highest BCUT2D eigenvalue weighted by Crippen LogP contribution is 2.25. The molecule has 0 bridgehead atoms. The second kappa shape index (κ2) is 11.3. The van der Waals surface area contributed by atoms with Crippen molar-refractivity contribution < 1.29 is 28.9 Å². The number of methoxy groups -OCH3 is 1. The number of hydrogen-bond acceptors (Lipinski definition) is 6. The SMILES string of the molecule is CCOC(=O)CCN(C(=O)COc1ccccc1OC)C(CC)CO. The molecule has 1 aromatic carbocycles. The zero-order valence-corrected chi connectivity index (χ0v) is 15.1. The number of ether oxygens (including phenoxy) is 3. The quantitative estimate of drug-likeness (QED) is 0.609. The molecule has 0 saturated heterocycles. The van der Waals surface area contributed by atoms with Crippen molar-refractivity contribution in [3.8, 4) is 11.5 Å². The van der Waals surface area contributed by atoms with E-state index in [-0.39, 0.29) is 44.1 Å². The van der Waals surface area contributed by atoms with Crippen LogP contribution in [-0.2, 0) is 14.3 Å². The first-order valence-corrected chi connectivity index (χ1v) is 8.39. The van der Waals surface area contributed by atoms with Crippen molar-refractivity contribution in [2.75, 3.05) is 33.5 Å². The fourth-order valence-electron chi connectivity index (χ4n) is 2.36. The van der Waals surface area contributed by atoms with Crippen LogP contribution in [0.2, 0.25) is 0 Å². The molecule has 0 aliphatic heterocycles. The Balaban J connectivity index is 2.72. The van der Waals surface area contributed by atoms with E-state index in [9.17, 15) is 14.7 Å². The maximum atomic E-state index is 12.5. The average molecular weight is 353 g/mol. The third-order valence-electron chi connectivity index (χ3n) is 3.73. The molecule has 0 saturated carbocycles. The van der Waals surface area contributed by atoms with Crippen LogP contribution in [-0.4, -0.2) is 61.4 Å². The van der Waals surface area contributed by atoms with Gasteiger partial charge >= 0.3 is 5.97 Å². The Kier molecular flexibility index (Phi) is 9.39. The van der Waals surface area contributed by atoms with Gasteiger partial charge in [-0.15, -0.1) is 0 Å². The van der Waals surface area contributed by atoms with Crippen LogP contribution in [0.5, 0.6) is 11.5 Å². The normalized spacial score (nSPS) is 11.5. The fraction of sp³-hybridized carbons (Fsp3) is 0.556. The zero-order valence-electron chi connectivity index (χ0n) is 15.1. The molecule has 1 N–H and O–H groups in total. The molecule has 1 atom stereocenters. The molecule has 1 unspecified atom stereocenters. The Morgan fingerprint density at radius 3 is 2.44 bits per heavy atom. The number of aliphatic hydroxyl groups excluding tert-OH is 1. The molecule has 25 heavy (non-hydrogen) atoms. The largest absolute Gasteiger partial charge is 0.493 e. The van der Waals surface area contributed by atoms with Crippen LogP contribution < -0.4 is 9.47 Å². The number of carbonyl (C=O) groups is 2. The summed E-state index contributed by atoms with van der Waals surface area (Å²) in [5.41, 5.74) is 0. The molecule has 0 spiro atoms. The molecule has 0 fully saturated rings. The Morgan fingerprint density at radius 2 is 1.88 bits per heavy atom. The molecule has 1 amide bonds. The van der Waals surface area contributed by atoms with Gasteiger partial charge in [0.2, 0.25) is 0 Å². The van der Waals surface area contributed by atoms with Gasteiger partial charge in [0, 0.05) is 6.54 Å². The summed E-state index contributed by atoms with van der Waals surface area (Å²) in [7, 11) is 1.52. The van der Waals surface area contributed by atoms with Crippen molar-refractivity contribution in [2.45, 2.75) is 32.7 Å². The van der Waals surface area contributed by atoms with Gasteiger partial charge in [-0.1, -0.05) is 19.1 Å². The molecule has 1 aromatic rings. The van der Waals surface area contributed by atoms with Gasteiger partial charge in [0.1, 0.15) is 0 Å². The van der Waals surface area contributed by atoms with Crippen molar-refractivity contribution >= 4 is 11.9 Å². The van der Waals surface area contributed by atoms with Gasteiger partial charge in [0.05, 0.1) is 32.8 Å². The first-order chi connectivity index (χ1) is 12.1. The van der Waals surface area contributed by atoms with Crippen molar-refractivity contribution in [2.24, 2.45) is 0 Å². The second-order valence-electron chi connectivity index (χ2n) is 5.33. The number of esters is 1. The lowest BCUT2D eigenvalue weighted by Crippen LogP contribution is -2.45. The van der Waals surface area contributed by atoms with Gasteiger partial charge in [0.15, 0.2) is 18.1 Å². The highest BCUT2D eigenvalue weighted by molar-refractivity contribution is 5.79. The van der Waals surface area contributed by atoms with Crippen LogP contribution >= 0.6 is 0 Å². The predicted molar refractivity (Wildman–Crippen MR) is 92.6 cm³/mol. The molecular formula is C18H27NO6. The van der Waals surface area contributed by atoms with Gasteiger partial charge in [-0.05, 0) is 25.5 Å². The lowest BCUT2D eigenvalue weighted by molar-refractivity contribution is -0.145. The number of para-hydroxylation sites is 2. The minimum Gasteiger partial charge on any atom is -0.493 e. The van der Waals surface area contributed by atoms with Crippen molar-refractivity contribution in [1.82, 2.24) is 4.90 Å². The van der Waals surface area contributed by atoms with E-state index >= 15 is 0 Å². The molecule has 0 aliphatic carbocycles. The lowest BCUT2D eigenvalue weighted by atomic mass is 10.2. The van der Waals surface area contributed by atoms with Crippen LogP contribution in [0.3, 0.4) is 0 Å². The third-order valence-corrected chi connectivity index (χ3v) is 3.73. The summed E-state index contributed by atoms with van der Waals surface area (Å²) >= 11 is 0. The van der Waals surface area contributed by atoms with Gasteiger partial charge in [-0.3, -0.25) is 9.59 Å². The smallest absolute Gasteiger partial charge is 0.307 e. The number of carbonyl (C=O) groups excluding carboxylic acids is 2. The summed E-state index contributed by atoms with van der Waals surface area (Å²) in [6.07, 6.45) is 0.643. The number of aliphatic hydroxyl groups is 1. The maximum absolute atomic E-state index is 12.5. The van der Waals surface area contributed by atoms with Crippen LogP contribution in [0, 0.1) is 0 Å². The molecule has 7 nitrogen and oxygen atoms in total. The van der Waals surface area contributed by atoms with Crippen molar-refractivity contribution in [3.63, 3.8) is 0 Å². The van der Waals surface area contributed by atoms with Crippen LogP contribution in [0.4, 0.5) is 0 Å². The summed E-state index contributed by atoms with van der Waals surface area (Å²) in [5, 5.41) is 9.51. The Hall–Kier alpha value is -2.28. The molecular weight excluding hydrogens is 326 g/mol. The standard InChI is InChI=1S/C18H27NO6/c1-4-14(12-20)19(11-10-18(22)24-5-2)17(21)13-25-16-9-7-6-8-15(16)23-3/h6-9,14,20H,4-5,10-13H2,1-3H3. The van der Waals surface area contributed by atoms with Crippen molar-refractivity contribution in [3.05, 3.63) is 24.3 Å². The van der Waals surface area contributed by atoms with E-state index < -0.39 is 0 Å². The number of rotatable bonds is 11. The Labute approximate surface area is 148 Å². The van der Waals surface area contributed by atoms with Gasteiger partial charge in [0.25, 0.3) is 5.91 Å². The van der Waals surface area contributed by atoms with E-state index in [0.29, 0.717) is 24.5 Å². The van der Waals surface area contributed by atoms with E-state index in [4.69, 9.17) is 14.2 Å². The molecule has 0 radical (unpaired) electrons. The van der Waals surface area contributed by atoms with Gasteiger partial charge < -0.3 is 24.2 Å². The molecule has 7 heteroatoms.